The van der Waals surface area contributed by atoms with Crippen LogP contribution in [0.4, 0.5) is 0 Å². The fourth-order valence-corrected chi connectivity index (χ4v) is 6.93. The SMILES string of the molecule is CC1(C)c2cc(-c3ccc(-c4nc(-c5ccccc5)nc(-c5ccccc5)n4)cc3)ccc2-c2c1ccc1c2oc2ccccc21. The number of hydrogen-bond acceptors (Lipinski definition) is 4. The molecule has 0 unspecified atom stereocenters. The molecule has 4 nitrogen and oxygen atoms in total. The molecule has 2 aromatic heterocycles. The predicted octanol–water partition coefficient (Wildman–Crippen LogP) is 10.7. The second-order valence-corrected chi connectivity index (χ2v) is 12.5. The number of para-hydroxylation sites is 1. The Bertz CT molecular complexity index is 2370. The highest BCUT2D eigenvalue weighted by atomic mass is 16.3. The zero-order chi connectivity index (χ0) is 30.8. The normalized spacial score (nSPS) is 13.2. The highest BCUT2D eigenvalue weighted by Crippen LogP contribution is 2.53. The van der Waals surface area contributed by atoms with E-state index in [1.807, 2.05) is 66.7 Å². The molecule has 0 aliphatic heterocycles. The molecule has 0 N–H and O–H groups in total. The van der Waals surface area contributed by atoms with E-state index in [4.69, 9.17) is 19.4 Å². The molecule has 4 heteroatoms. The molecule has 8 aromatic rings. The maximum absolute atomic E-state index is 6.47. The summed E-state index contributed by atoms with van der Waals surface area (Å²) < 4.78 is 6.47. The summed E-state index contributed by atoms with van der Waals surface area (Å²) in [5, 5.41) is 2.33. The van der Waals surface area contributed by atoms with Crippen LogP contribution in [0, 0.1) is 0 Å². The van der Waals surface area contributed by atoms with Gasteiger partial charge in [0.05, 0.1) is 0 Å². The first kappa shape index (κ1) is 26.5. The lowest BCUT2D eigenvalue weighted by Crippen LogP contribution is -2.14. The van der Waals surface area contributed by atoms with Gasteiger partial charge >= 0.3 is 0 Å². The van der Waals surface area contributed by atoms with Crippen LogP contribution in [0.15, 0.2) is 144 Å². The van der Waals surface area contributed by atoms with E-state index in [9.17, 15) is 0 Å². The van der Waals surface area contributed by atoms with Gasteiger partial charge < -0.3 is 4.42 Å². The van der Waals surface area contributed by atoms with Crippen molar-refractivity contribution in [2.45, 2.75) is 19.3 Å². The summed E-state index contributed by atoms with van der Waals surface area (Å²) >= 11 is 0. The van der Waals surface area contributed by atoms with Crippen molar-refractivity contribution in [3.05, 3.63) is 151 Å². The molecule has 46 heavy (non-hydrogen) atoms. The Morgan fingerprint density at radius 1 is 0.457 bits per heavy atom. The summed E-state index contributed by atoms with van der Waals surface area (Å²) in [5.74, 6) is 1.97. The third kappa shape index (κ3) is 4.11. The maximum Gasteiger partial charge on any atom is 0.164 e. The number of aromatic nitrogens is 3. The van der Waals surface area contributed by atoms with E-state index in [2.05, 4.69) is 86.6 Å². The molecule has 1 aliphatic rings. The number of rotatable bonds is 4. The lowest BCUT2D eigenvalue weighted by molar-refractivity contribution is 0.653. The van der Waals surface area contributed by atoms with Gasteiger partial charge in [-0.2, -0.15) is 0 Å². The summed E-state index contributed by atoms with van der Waals surface area (Å²) in [6.07, 6.45) is 0. The molecule has 0 saturated carbocycles. The minimum atomic E-state index is -0.152. The Labute approximate surface area is 267 Å². The van der Waals surface area contributed by atoms with E-state index >= 15 is 0 Å². The standard InChI is InChI=1S/C42H29N3O/c1-42(2)34-24-23-32-31-15-9-10-16-36(31)46-38(32)37(34)33-22-21-30(25-35(33)42)26-17-19-29(20-18-26)41-44-39(27-11-5-3-6-12-27)43-40(45-41)28-13-7-4-8-14-28/h3-25H,1-2H3. The van der Waals surface area contributed by atoms with E-state index in [1.165, 1.54) is 33.2 Å². The molecule has 0 amide bonds. The van der Waals surface area contributed by atoms with Crippen LogP contribution in [-0.4, -0.2) is 15.0 Å². The molecule has 1 aliphatic carbocycles. The van der Waals surface area contributed by atoms with Crippen molar-refractivity contribution < 1.29 is 4.42 Å². The van der Waals surface area contributed by atoms with Crippen molar-refractivity contribution in [2.75, 3.05) is 0 Å². The van der Waals surface area contributed by atoms with Crippen LogP contribution in [0.2, 0.25) is 0 Å². The van der Waals surface area contributed by atoms with Crippen molar-refractivity contribution in [3.63, 3.8) is 0 Å². The first-order valence-electron chi connectivity index (χ1n) is 15.6. The molecule has 0 bridgehead atoms. The maximum atomic E-state index is 6.47. The van der Waals surface area contributed by atoms with Crippen LogP contribution >= 0.6 is 0 Å². The van der Waals surface area contributed by atoms with Crippen molar-refractivity contribution in [3.8, 4) is 56.4 Å². The molecular weight excluding hydrogens is 562 g/mol. The van der Waals surface area contributed by atoms with Gasteiger partial charge in [0.1, 0.15) is 11.2 Å². The van der Waals surface area contributed by atoms with Gasteiger partial charge in [-0.3, -0.25) is 0 Å². The molecule has 0 radical (unpaired) electrons. The molecule has 0 spiro atoms. The van der Waals surface area contributed by atoms with Gasteiger partial charge in [0, 0.05) is 38.4 Å². The summed E-state index contributed by atoms with van der Waals surface area (Å²) in [6, 6.07) is 48.4. The van der Waals surface area contributed by atoms with Crippen LogP contribution in [0.3, 0.4) is 0 Å². The fourth-order valence-electron chi connectivity index (χ4n) is 6.93. The predicted molar refractivity (Wildman–Crippen MR) is 186 cm³/mol. The van der Waals surface area contributed by atoms with Crippen LogP contribution < -0.4 is 0 Å². The highest BCUT2D eigenvalue weighted by molar-refractivity contribution is 6.11. The van der Waals surface area contributed by atoms with Crippen LogP contribution in [0.1, 0.15) is 25.0 Å². The van der Waals surface area contributed by atoms with Gasteiger partial charge in [-0.05, 0) is 39.9 Å². The Kier molecular flexibility index (Phi) is 5.81. The fraction of sp³-hybridized carbons (Fsp3) is 0.0714. The van der Waals surface area contributed by atoms with E-state index < -0.39 is 0 Å². The minimum absolute atomic E-state index is 0.152. The Morgan fingerprint density at radius 2 is 1.00 bits per heavy atom. The number of hydrogen-bond donors (Lipinski definition) is 0. The Balaban J connectivity index is 1.11. The first-order valence-corrected chi connectivity index (χ1v) is 15.6. The van der Waals surface area contributed by atoms with Gasteiger partial charge in [-0.15, -0.1) is 0 Å². The average molecular weight is 592 g/mol. The summed E-state index contributed by atoms with van der Waals surface area (Å²) in [6.45, 7) is 4.63. The van der Waals surface area contributed by atoms with Crippen LogP contribution in [0.5, 0.6) is 0 Å². The topological polar surface area (TPSA) is 51.8 Å². The van der Waals surface area contributed by atoms with E-state index in [0.29, 0.717) is 17.5 Å². The smallest absolute Gasteiger partial charge is 0.164 e. The van der Waals surface area contributed by atoms with E-state index in [-0.39, 0.29) is 5.41 Å². The number of benzene rings is 6. The number of fused-ring (bicyclic) bond motifs is 7. The number of furan rings is 1. The lowest BCUT2D eigenvalue weighted by atomic mass is 9.81. The zero-order valence-electron chi connectivity index (χ0n) is 25.5. The molecule has 2 heterocycles. The Morgan fingerprint density at radius 3 is 1.65 bits per heavy atom. The molecule has 0 atom stereocenters. The third-order valence-corrected chi connectivity index (χ3v) is 9.36. The summed E-state index contributed by atoms with van der Waals surface area (Å²) in [5.41, 5.74) is 12.0. The zero-order valence-corrected chi connectivity index (χ0v) is 25.5. The molecule has 218 valence electrons. The van der Waals surface area contributed by atoms with Crippen molar-refractivity contribution in [1.82, 2.24) is 15.0 Å². The van der Waals surface area contributed by atoms with Gasteiger partial charge in [-0.25, -0.2) is 15.0 Å². The molecule has 0 saturated heterocycles. The van der Waals surface area contributed by atoms with Crippen molar-refractivity contribution in [2.24, 2.45) is 0 Å². The average Bonchev–Trinajstić information content (AvgIpc) is 3.61. The van der Waals surface area contributed by atoms with E-state index in [1.54, 1.807) is 0 Å². The monoisotopic (exact) mass is 591 g/mol. The first-order chi connectivity index (χ1) is 22.5. The number of nitrogens with zero attached hydrogens (tertiary/aromatic N) is 3. The lowest BCUT2D eigenvalue weighted by Gasteiger charge is -2.22. The van der Waals surface area contributed by atoms with E-state index in [0.717, 1.165) is 38.8 Å². The second kappa shape index (κ2) is 10.1. The highest BCUT2D eigenvalue weighted by Gasteiger charge is 2.38. The van der Waals surface area contributed by atoms with Gasteiger partial charge in [0.2, 0.25) is 0 Å². The summed E-state index contributed by atoms with van der Waals surface area (Å²) in [7, 11) is 0. The summed E-state index contributed by atoms with van der Waals surface area (Å²) in [4.78, 5) is 14.6. The quantitative estimate of drug-likeness (QED) is 0.204. The second-order valence-electron chi connectivity index (χ2n) is 12.5. The van der Waals surface area contributed by atoms with Crippen molar-refractivity contribution in [1.29, 1.82) is 0 Å². The molecule has 9 rings (SSSR count). The van der Waals surface area contributed by atoms with Gasteiger partial charge in [0.25, 0.3) is 0 Å². The van der Waals surface area contributed by atoms with Crippen molar-refractivity contribution >= 4 is 21.9 Å². The molecular formula is C42H29N3O. The third-order valence-electron chi connectivity index (χ3n) is 9.36. The molecule has 0 fully saturated rings. The van der Waals surface area contributed by atoms with Gasteiger partial charge in [-0.1, -0.05) is 141 Å². The van der Waals surface area contributed by atoms with Crippen LogP contribution in [0.25, 0.3) is 78.4 Å². The minimum Gasteiger partial charge on any atom is -0.455 e. The molecule has 6 aromatic carbocycles. The largest absolute Gasteiger partial charge is 0.455 e. The Hall–Kier alpha value is -5.87. The van der Waals surface area contributed by atoms with Crippen LogP contribution in [-0.2, 0) is 5.41 Å². The van der Waals surface area contributed by atoms with Gasteiger partial charge in [0.15, 0.2) is 17.5 Å².